The van der Waals surface area contributed by atoms with Crippen molar-refractivity contribution in [3.05, 3.63) is 89.6 Å². The summed E-state index contributed by atoms with van der Waals surface area (Å²) in [5.74, 6) is -1.00. The topological polar surface area (TPSA) is 85.4 Å². The first-order valence-corrected chi connectivity index (χ1v) is 12.3. The second-order valence-electron chi connectivity index (χ2n) is 9.48. The molecule has 3 aromatic rings. The molecule has 3 aromatic carbocycles. The van der Waals surface area contributed by atoms with Gasteiger partial charge < -0.3 is 19.1 Å². The van der Waals surface area contributed by atoms with Crippen molar-refractivity contribution in [2.75, 3.05) is 26.2 Å². The molecule has 0 radical (unpaired) electrons. The van der Waals surface area contributed by atoms with Crippen LogP contribution in [0.4, 0.5) is 5.69 Å². The molecule has 4 atom stereocenters. The number of rotatable bonds is 6. The lowest BCUT2D eigenvalue weighted by molar-refractivity contribution is -0.123. The van der Waals surface area contributed by atoms with E-state index in [2.05, 4.69) is 0 Å². The molecule has 0 spiro atoms. The molecular formula is C30H26N2O6. The number of benzene rings is 3. The number of ether oxygens (including phenoxy) is 3. The van der Waals surface area contributed by atoms with E-state index in [1.54, 1.807) is 49.6 Å². The molecular weight excluding hydrogens is 484 g/mol. The van der Waals surface area contributed by atoms with Crippen LogP contribution in [-0.2, 0) is 9.59 Å². The van der Waals surface area contributed by atoms with Crippen molar-refractivity contribution in [3.63, 3.8) is 0 Å². The Hall–Kier alpha value is -4.59. The zero-order valence-corrected chi connectivity index (χ0v) is 21.2. The number of Topliss-reactive ketones (excluding diaryl/α,β-unsaturated/α-hetero) is 1. The number of anilines is 1. The maximum atomic E-state index is 14.1. The quantitative estimate of drug-likeness (QED) is 0.364. The van der Waals surface area contributed by atoms with Crippen LogP contribution in [0.2, 0.25) is 0 Å². The smallest absolute Gasteiger partial charge is 0.240 e. The van der Waals surface area contributed by atoms with Crippen molar-refractivity contribution in [1.82, 2.24) is 4.90 Å². The van der Waals surface area contributed by atoms with E-state index in [9.17, 15) is 14.4 Å². The van der Waals surface area contributed by atoms with Crippen molar-refractivity contribution in [1.29, 1.82) is 0 Å². The maximum absolute atomic E-state index is 14.1. The van der Waals surface area contributed by atoms with E-state index < -0.39 is 23.9 Å². The van der Waals surface area contributed by atoms with E-state index in [0.717, 1.165) is 11.1 Å². The monoisotopic (exact) mass is 510 g/mol. The Balaban J connectivity index is 1.47. The summed E-state index contributed by atoms with van der Waals surface area (Å²) in [5, 5.41) is 0. The summed E-state index contributed by atoms with van der Waals surface area (Å²) < 4.78 is 16.0. The third-order valence-electron chi connectivity index (χ3n) is 7.73. The average molecular weight is 511 g/mol. The number of ketones is 1. The Kier molecular flexibility index (Phi) is 5.67. The molecule has 38 heavy (non-hydrogen) atoms. The van der Waals surface area contributed by atoms with Crippen LogP contribution in [0.15, 0.2) is 72.9 Å². The molecule has 3 aliphatic rings. The van der Waals surface area contributed by atoms with Crippen LogP contribution >= 0.6 is 0 Å². The molecule has 0 aliphatic carbocycles. The highest BCUT2D eigenvalue weighted by Gasteiger charge is 2.64. The number of methoxy groups -OCH3 is 3. The third kappa shape index (κ3) is 3.40. The predicted molar refractivity (Wildman–Crippen MR) is 140 cm³/mol. The minimum Gasteiger partial charge on any atom is -0.497 e. The fourth-order valence-corrected chi connectivity index (χ4v) is 6.00. The first-order valence-electron chi connectivity index (χ1n) is 12.3. The third-order valence-corrected chi connectivity index (χ3v) is 7.73. The number of fused-ring (bicyclic) bond motifs is 5. The van der Waals surface area contributed by atoms with Gasteiger partial charge in [0.2, 0.25) is 11.8 Å². The van der Waals surface area contributed by atoms with Crippen LogP contribution in [0.25, 0.3) is 6.08 Å². The SMILES string of the molecule is COc1ccc(N2C(=O)[C@@H]3[C@H](C2=O)[C@@H]2c4ccccc4C=CN2[C@@H]3C(=O)c2ccc(OC)c(OC)c2)cc1. The minimum absolute atomic E-state index is 0.259. The van der Waals surface area contributed by atoms with Crippen LogP contribution in [0.5, 0.6) is 17.2 Å². The fraction of sp³-hybridized carbons (Fsp3) is 0.233. The summed E-state index contributed by atoms with van der Waals surface area (Å²) >= 11 is 0. The molecule has 192 valence electrons. The summed E-state index contributed by atoms with van der Waals surface area (Å²) in [6.45, 7) is 0. The molecule has 8 heteroatoms. The molecule has 3 heterocycles. The van der Waals surface area contributed by atoms with Crippen molar-refractivity contribution < 1.29 is 28.6 Å². The van der Waals surface area contributed by atoms with Crippen molar-refractivity contribution >= 4 is 29.4 Å². The highest BCUT2D eigenvalue weighted by atomic mass is 16.5. The van der Waals surface area contributed by atoms with Crippen molar-refractivity contribution in [2.24, 2.45) is 11.8 Å². The van der Waals surface area contributed by atoms with Gasteiger partial charge in [-0.3, -0.25) is 14.4 Å². The summed E-state index contributed by atoms with van der Waals surface area (Å²) in [5.41, 5.74) is 2.72. The van der Waals surface area contributed by atoms with Gasteiger partial charge in [-0.25, -0.2) is 4.90 Å². The van der Waals surface area contributed by atoms with Crippen LogP contribution < -0.4 is 19.1 Å². The second kappa shape index (κ2) is 9.06. The predicted octanol–water partition coefficient (Wildman–Crippen LogP) is 4.11. The van der Waals surface area contributed by atoms with Gasteiger partial charge in [0.05, 0.1) is 44.9 Å². The first kappa shape index (κ1) is 23.8. The van der Waals surface area contributed by atoms with E-state index in [1.807, 2.05) is 41.4 Å². The van der Waals surface area contributed by atoms with Gasteiger partial charge in [-0.1, -0.05) is 24.3 Å². The molecule has 2 saturated heterocycles. The Morgan fingerprint density at radius 2 is 1.50 bits per heavy atom. The van der Waals surface area contributed by atoms with Crippen LogP contribution in [0.1, 0.15) is 27.5 Å². The lowest BCUT2D eigenvalue weighted by atomic mass is 9.83. The molecule has 2 amide bonds. The first-order chi connectivity index (χ1) is 18.5. The lowest BCUT2D eigenvalue weighted by Gasteiger charge is -2.35. The highest BCUT2D eigenvalue weighted by molar-refractivity contribution is 6.24. The Morgan fingerprint density at radius 3 is 2.21 bits per heavy atom. The average Bonchev–Trinajstić information content (AvgIpc) is 3.44. The number of nitrogens with zero attached hydrogens (tertiary/aromatic N) is 2. The molecule has 6 rings (SSSR count). The molecule has 0 N–H and O–H groups in total. The van der Waals surface area contributed by atoms with Crippen LogP contribution in [0, 0.1) is 11.8 Å². The minimum atomic E-state index is -0.868. The standard InChI is InChI=1S/C30H26N2O6/c1-36-20-11-9-19(10-12-20)32-29(34)24-25(30(32)35)27(28(33)18-8-13-22(37-2)23(16-18)38-3)31-15-14-17-6-4-5-7-21(17)26(24)31/h4-16,24-27H,1-3H3/t24-,25+,26-,27-/m0/s1. The summed E-state index contributed by atoms with van der Waals surface area (Å²) in [6, 6.07) is 18.2. The van der Waals surface area contributed by atoms with E-state index in [4.69, 9.17) is 14.2 Å². The summed E-state index contributed by atoms with van der Waals surface area (Å²) in [7, 11) is 4.58. The zero-order valence-electron chi connectivity index (χ0n) is 21.2. The number of carbonyl (C=O) groups excluding carboxylic acids is 3. The van der Waals surface area contributed by atoms with E-state index in [1.165, 1.54) is 19.1 Å². The number of carbonyl (C=O) groups is 3. The number of hydrogen-bond donors (Lipinski definition) is 0. The van der Waals surface area contributed by atoms with E-state index >= 15 is 0 Å². The van der Waals surface area contributed by atoms with Crippen molar-refractivity contribution in [2.45, 2.75) is 12.1 Å². The fourth-order valence-electron chi connectivity index (χ4n) is 6.00. The van der Waals surface area contributed by atoms with E-state index in [-0.39, 0.29) is 17.6 Å². The van der Waals surface area contributed by atoms with Gasteiger partial charge >= 0.3 is 0 Å². The molecule has 8 nitrogen and oxygen atoms in total. The van der Waals surface area contributed by atoms with Crippen molar-refractivity contribution in [3.8, 4) is 17.2 Å². The maximum Gasteiger partial charge on any atom is 0.240 e. The largest absolute Gasteiger partial charge is 0.497 e. The Labute approximate surface area is 220 Å². The molecule has 2 fully saturated rings. The summed E-state index contributed by atoms with van der Waals surface area (Å²) in [4.78, 5) is 45.2. The summed E-state index contributed by atoms with van der Waals surface area (Å²) in [6.07, 6.45) is 3.77. The Bertz CT molecular complexity index is 1480. The highest BCUT2D eigenvalue weighted by Crippen LogP contribution is 2.53. The van der Waals surface area contributed by atoms with Crippen LogP contribution in [-0.4, -0.2) is 49.9 Å². The van der Waals surface area contributed by atoms with Crippen LogP contribution in [0.3, 0.4) is 0 Å². The van der Waals surface area contributed by atoms with Gasteiger partial charge in [0.15, 0.2) is 17.3 Å². The van der Waals surface area contributed by atoms with Gasteiger partial charge in [-0.2, -0.15) is 0 Å². The lowest BCUT2D eigenvalue weighted by Crippen LogP contribution is -2.44. The normalized spacial score (nSPS) is 23.1. The number of amides is 2. The second-order valence-corrected chi connectivity index (χ2v) is 9.48. The van der Waals surface area contributed by atoms with E-state index in [0.29, 0.717) is 28.5 Å². The Morgan fingerprint density at radius 1 is 0.789 bits per heavy atom. The number of hydrogen-bond acceptors (Lipinski definition) is 7. The molecule has 0 saturated carbocycles. The van der Waals surface area contributed by atoms with Gasteiger partial charge in [0, 0.05) is 11.8 Å². The van der Waals surface area contributed by atoms with Gasteiger partial charge in [-0.15, -0.1) is 0 Å². The zero-order chi connectivity index (χ0) is 26.6. The van der Waals surface area contributed by atoms with Gasteiger partial charge in [0.25, 0.3) is 0 Å². The molecule has 0 bridgehead atoms. The molecule has 0 unspecified atom stereocenters. The van der Waals surface area contributed by atoms with Gasteiger partial charge in [0.1, 0.15) is 11.8 Å². The molecule has 0 aromatic heterocycles. The number of imide groups is 1. The molecule has 3 aliphatic heterocycles. The van der Waals surface area contributed by atoms with Gasteiger partial charge in [-0.05, 0) is 59.7 Å².